The van der Waals surface area contributed by atoms with Crippen molar-refractivity contribution in [2.75, 3.05) is 38.4 Å². The summed E-state index contributed by atoms with van der Waals surface area (Å²) >= 11 is 0. The lowest BCUT2D eigenvalue weighted by molar-refractivity contribution is -0.116. The van der Waals surface area contributed by atoms with Gasteiger partial charge in [-0.05, 0) is 13.3 Å². The second-order valence-corrected chi connectivity index (χ2v) is 6.30. The van der Waals surface area contributed by atoms with Crippen LogP contribution in [0.4, 0.5) is 5.82 Å². The second-order valence-electron chi connectivity index (χ2n) is 4.31. The molecule has 0 saturated carbocycles. The van der Waals surface area contributed by atoms with Gasteiger partial charge < -0.3 is 14.6 Å². The highest BCUT2D eigenvalue weighted by molar-refractivity contribution is 7.88. The molecule has 0 radical (unpaired) electrons. The van der Waals surface area contributed by atoms with Crippen molar-refractivity contribution in [3.8, 4) is 0 Å². The number of hydrogen-bond acceptors (Lipinski definition) is 6. The number of ether oxygens (including phenoxy) is 1. The fourth-order valence-corrected chi connectivity index (χ4v) is 2.33. The van der Waals surface area contributed by atoms with E-state index < -0.39 is 15.9 Å². The van der Waals surface area contributed by atoms with Crippen molar-refractivity contribution in [3.63, 3.8) is 0 Å². The number of hydrogen-bond donors (Lipinski definition) is 1. The van der Waals surface area contributed by atoms with E-state index >= 15 is 0 Å². The molecule has 1 N–H and O–H groups in total. The molecule has 0 fully saturated rings. The first-order valence-electron chi connectivity index (χ1n) is 6.00. The molecule has 0 aliphatic heterocycles. The maximum absolute atomic E-state index is 11.8. The molecule has 0 unspecified atom stereocenters. The summed E-state index contributed by atoms with van der Waals surface area (Å²) in [5, 5.41) is 6.08. The summed E-state index contributed by atoms with van der Waals surface area (Å²) in [6, 6.07) is 1.55. The molecule has 20 heavy (non-hydrogen) atoms. The summed E-state index contributed by atoms with van der Waals surface area (Å²) in [6.45, 7) is 2.07. The number of carbonyl (C=O) groups excluding carboxylic acids is 1. The Hall–Kier alpha value is -1.45. The van der Waals surface area contributed by atoms with Crippen molar-refractivity contribution < 1.29 is 22.5 Å². The van der Waals surface area contributed by atoms with Crippen LogP contribution in [0.3, 0.4) is 0 Å². The Morgan fingerprint density at radius 1 is 1.55 bits per heavy atom. The van der Waals surface area contributed by atoms with E-state index in [1.165, 1.54) is 7.11 Å². The molecule has 9 heteroatoms. The molecule has 1 rings (SSSR count). The third kappa shape index (κ3) is 5.68. The van der Waals surface area contributed by atoms with Crippen LogP contribution in [-0.2, 0) is 19.6 Å². The molecule has 1 aromatic heterocycles. The third-order valence-corrected chi connectivity index (χ3v) is 3.69. The normalized spacial score (nSPS) is 11.8. The van der Waals surface area contributed by atoms with E-state index in [0.717, 1.165) is 10.6 Å². The Morgan fingerprint density at radius 2 is 2.25 bits per heavy atom. The third-order valence-electron chi connectivity index (χ3n) is 2.44. The van der Waals surface area contributed by atoms with Crippen molar-refractivity contribution in [2.24, 2.45) is 0 Å². The van der Waals surface area contributed by atoms with Crippen LogP contribution in [0.1, 0.15) is 12.2 Å². The monoisotopic (exact) mass is 305 g/mol. The van der Waals surface area contributed by atoms with Crippen LogP contribution in [0.5, 0.6) is 0 Å². The lowest BCUT2D eigenvalue weighted by atomic mass is 10.4. The topological polar surface area (TPSA) is 102 Å². The average molecular weight is 305 g/mol. The number of methoxy groups -OCH3 is 1. The fourth-order valence-electron chi connectivity index (χ4n) is 1.52. The smallest absolute Gasteiger partial charge is 0.240 e. The minimum Gasteiger partial charge on any atom is -0.385 e. The van der Waals surface area contributed by atoms with Gasteiger partial charge in [0.1, 0.15) is 5.76 Å². The van der Waals surface area contributed by atoms with Gasteiger partial charge in [0.15, 0.2) is 5.82 Å². The summed E-state index contributed by atoms with van der Waals surface area (Å²) in [5.41, 5.74) is 0. The van der Waals surface area contributed by atoms with E-state index in [4.69, 9.17) is 9.26 Å². The van der Waals surface area contributed by atoms with Gasteiger partial charge in [-0.25, -0.2) is 8.42 Å². The van der Waals surface area contributed by atoms with Gasteiger partial charge in [-0.3, -0.25) is 4.79 Å². The number of amides is 1. The summed E-state index contributed by atoms with van der Waals surface area (Å²) in [6.07, 6.45) is 1.58. The molecule has 1 aromatic rings. The number of sulfonamides is 1. The summed E-state index contributed by atoms with van der Waals surface area (Å²) in [5.74, 6) is 0.347. The molecule has 0 aliphatic carbocycles. The number of carbonyl (C=O) groups is 1. The van der Waals surface area contributed by atoms with Crippen LogP contribution in [0.15, 0.2) is 10.6 Å². The maximum atomic E-state index is 11.8. The summed E-state index contributed by atoms with van der Waals surface area (Å²) in [4.78, 5) is 11.8. The molecule has 0 aromatic carbocycles. The quantitative estimate of drug-likeness (QED) is 0.689. The zero-order valence-electron chi connectivity index (χ0n) is 11.7. The highest BCUT2D eigenvalue weighted by Gasteiger charge is 2.20. The highest BCUT2D eigenvalue weighted by Crippen LogP contribution is 2.07. The Balaban J connectivity index is 2.57. The van der Waals surface area contributed by atoms with E-state index in [-0.39, 0.29) is 18.9 Å². The second kappa shape index (κ2) is 7.36. The van der Waals surface area contributed by atoms with Crippen molar-refractivity contribution in [1.29, 1.82) is 0 Å². The number of nitrogens with one attached hydrogen (secondary N) is 1. The molecule has 0 bridgehead atoms. The number of rotatable bonds is 8. The Labute approximate surface area is 118 Å². The first-order chi connectivity index (χ1) is 9.32. The van der Waals surface area contributed by atoms with Gasteiger partial charge in [-0.1, -0.05) is 5.16 Å². The van der Waals surface area contributed by atoms with E-state index in [2.05, 4.69) is 10.5 Å². The molecule has 0 aliphatic rings. The largest absolute Gasteiger partial charge is 0.385 e. The van der Waals surface area contributed by atoms with E-state index in [9.17, 15) is 13.2 Å². The van der Waals surface area contributed by atoms with Crippen LogP contribution < -0.4 is 5.32 Å². The van der Waals surface area contributed by atoms with Gasteiger partial charge in [-0.2, -0.15) is 4.31 Å². The average Bonchev–Trinajstić information content (AvgIpc) is 2.72. The Morgan fingerprint density at radius 3 is 2.75 bits per heavy atom. The first kappa shape index (κ1) is 16.6. The molecule has 8 nitrogen and oxygen atoms in total. The minimum absolute atomic E-state index is 0.220. The van der Waals surface area contributed by atoms with Crippen LogP contribution in [0, 0.1) is 6.92 Å². The van der Waals surface area contributed by atoms with Crippen molar-refractivity contribution >= 4 is 21.7 Å². The maximum Gasteiger partial charge on any atom is 0.240 e. The summed E-state index contributed by atoms with van der Waals surface area (Å²) in [7, 11) is -1.92. The number of anilines is 1. The van der Waals surface area contributed by atoms with Gasteiger partial charge >= 0.3 is 0 Å². The van der Waals surface area contributed by atoms with Crippen molar-refractivity contribution in [1.82, 2.24) is 9.46 Å². The van der Waals surface area contributed by atoms with Crippen LogP contribution in [0.25, 0.3) is 0 Å². The molecule has 1 heterocycles. The zero-order chi connectivity index (χ0) is 15.2. The van der Waals surface area contributed by atoms with E-state index in [1.54, 1.807) is 13.0 Å². The predicted molar refractivity (Wildman–Crippen MR) is 72.8 cm³/mol. The predicted octanol–water partition coefficient (Wildman–Crippen LogP) is 0.220. The van der Waals surface area contributed by atoms with Gasteiger partial charge in [0, 0.05) is 26.3 Å². The van der Waals surface area contributed by atoms with Gasteiger partial charge in [0.05, 0.1) is 12.8 Å². The fraction of sp³-hybridized carbons (Fsp3) is 0.636. The Bertz CT molecular complexity index is 540. The number of aryl methyl sites for hydroxylation is 1. The van der Waals surface area contributed by atoms with Crippen molar-refractivity contribution in [3.05, 3.63) is 11.8 Å². The van der Waals surface area contributed by atoms with Crippen LogP contribution in [0.2, 0.25) is 0 Å². The van der Waals surface area contributed by atoms with E-state index in [1.807, 2.05) is 0 Å². The van der Waals surface area contributed by atoms with Crippen LogP contribution >= 0.6 is 0 Å². The molecule has 0 atom stereocenters. The molecule has 0 saturated heterocycles. The number of aromatic nitrogens is 1. The van der Waals surface area contributed by atoms with Crippen LogP contribution in [-0.4, -0.2) is 56.8 Å². The van der Waals surface area contributed by atoms with Gasteiger partial charge in [0.25, 0.3) is 0 Å². The summed E-state index contributed by atoms with van der Waals surface area (Å²) < 4.78 is 33.9. The molecule has 114 valence electrons. The first-order valence-corrected chi connectivity index (χ1v) is 7.85. The SMILES string of the molecule is COCCCN(CC(=O)Nc1cc(C)on1)S(C)(=O)=O. The lowest BCUT2D eigenvalue weighted by Gasteiger charge is -2.18. The van der Waals surface area contributed by atoms with Gasteiger partial charge in [0.2, 0.25) is 15.9 Å². The minimum atomic E-state index is -3.45. The lowest BCUT2D eigenvalue weighted by Crippen LogP contribution is -2.38. The zero-order valence-corrected chi connectivity index (χ0v) is 12.6. The van der Waals surface area contributed by atoms with Gasteiger partial charge in [-0.15, -0.1) is 0 Å². The molecular weight excluding hydrogens is 286 g/mol. The highest BCUT2D eigenvalue weighted by atomic mass is 32.2. The molecule has 0 spiro atoms. The number of nitrogens with zero attached hydrogens (tertiary/aromatic N) is 2. The van der Waals surface area contributed by atoms with Crippen molar-refractivity contribution in [2.45, 2.75) is 13.3 Å². The molecular formula is C11H19N3O5S. The standard InChI is InChI=1S/C11H19N3O5S/c1-9-7-10(13-19-9)12-11(15)8-14(20(3,16)17)5-4-6-18-2/h7H,4-6,8H2,1-3H3,(H,12,13,15). The Kier molecular flexibility index (Phi) is 6.11. The van der Waals surface area contributed by atoms with E-state index in [0.29, 0.717) is 18.8 Å². The molecule has 1 amide bonds.